The third-order valence-corrected chi connectivity index (χ3v) is 11.2. The second-order valence-electron chi connectivity index (χ2n) is 14.5. The maximum atomic E-state index is 6.63. The number of benzene rings is 8. The van der Waals surface area contributed by atoms with Gasteiger partial charge in [0.05, 0.1) is 0 Å². The highest BCUT2D eigenvalue weighted by Crippen LogP contribution is 2.41. The highest BCUT2D eigenvalue weighted by atomic mass is 16.3. The monoisotopic (exact) mass is 702 g/mol. The first-order chi connectivity index (χ1) is 27.2. The van der Waals surface area contributed by atoms with Crippen LogP contribution in [0.1, 0.15) is 28.1 Å². The Morgan fingerprint density at radius 3 is 2.05 bits per heavy atom. The predicted octanol–water partition coefficient (Wildman–Crippen LogP) is 13.4. The molecule has 2 aromatic heterocycles. The fourth-order valence-corrected chi connectivity index (χ4v) is 8.54. The first-order valence-electron chi connectivity index (χ1n) is 18.9. The number of allylic oxidation sites excluding steroid dienone is 1. The van der Waals surface area contributed by atoms with E-state index in [9.17, 15) is 0 Å². The van der Waals surface area contributed by atoms with E-state index in [1.807, 2.05) is 18.2 Å². The Bertz CT molecular complexity index is 3140. The summed E-state index contributed by atoms with van der Waals surface area (Å²) in [5.41, 5.74) is 15.3. The van der Waals surface area contributed by atoms with E-state index in [0.29, 0.717) is 11.4 Å². The summed E-state index contributed by atoms with van der Waals surface area (Å²) in [6, 6.07) is 62.9. The average Bonchev–Trinajstić information content (AvgIpc) is 3.62. The summed E-state index contributed by atoms with van der Waals surface area (Å²) in [5, 5.41) is 6.03. The van der Waals surface area contributed by atoms with E-state index in [1.165, 1.54) is 60.5 Å². The maximum Gasteiger partial charge on any atom is 0.180 e. The van der Waals surface area contributed by atoms with Crippen molar-refractivity contribution in [1.82, 2.24) is 9.97 Å². The molecule has 0 atom stereocenters. The van der Waals surface area contributed by atoms with Crippen LogP contribution in [-0.4, -0.2) is 9.97 Å². The van der Waals surface area contributed by atoms with Gasteiger partial charge in [-0.25, -0.2) is 9.97 Å². The van der Waals surface area contributed by atoms with Crippen molar-refractivity contribution in [3.63, 3.8) is 0 Å². The summed E-state index contributed by atoms with van der Waals surface area (Å²) in [6.45, 7) is 0. The normalized spacial score (nSPS) is 13.1. The number of hydrogen-bond donors (Lipinski definition) is 0. The molecular formula is C52H34N2O. The molecule has 1 aliphatic carbocycles. The first kappa shape index (κ1) is 31.4. The predicted molar refractivity (Wildman–Crippen MR) is 228 cm³/mol. The largest absolute Gasteiger partial charge is 0.452 e. The summed E-state index contributed by atoms with van der Waals surface area (Å²) < 4.78 is 6.63. The van der Waals surface area contributed by atoms with Crippen LogP contribution in [0, 0.1) is 0 Å². The molecule has 3 nitrogen and oxygen atoms in total. The molecule has 8 aromatic carbocycles. The zero-order valence-electron chi connectivity index (χ0n) is 30.0. The zero-order chi connectivity index (χ0) is 36.3. The van der Waals surface area contributed by atoms with E-state index in [0.717, 1.165) is 51.7 Å². The minimum atomic E-state index is 0.673. The van der Waals surface area contributed by atoms with Gasteiger partial charge < -0.3 is 4.42 Å². The number of aromatic nitrogens is 2. The Labute approximate surface area is 318 Å². The molecule has 0 aliphatic heterocycles. The molecule has 258 valence electrons. The third-order valence-electron chi connectivity index (χ3n) is 11.2. The van der Waals surface area contributed by atoms with Crippen LogP contribution in [0.2, 0.25) is 0 Å². The van der Waals surface area contributed by atoms with E-state index in [1.54, 1.807) is 0 Å². The van der Waals surface area contributed by atoms with Crippen LogP contribution in [0.3, 0.4) is 0 Å². The lowest BCUT2D eigenvalue weighted by Gasteiger charge is -2.22. The Morgan fingerprint density at radius 1 is 0.509 bits per heavy atom. The number of nitrogens with zero attached hydrogens (tertiary/aromatic N) is 2. The molecule has 1 aliphatic rings. The molecule has 0 N–H and O–H groups in total. The maximum absolute atomic E-state index is 6.63. The molecule has 0 saturated carbocycles. The molecule has 11 rings (SSSR count). The molecule has 10 aromatic rings. The van der Waals surface area contributed by atoms with Crippen LogP contribution in [0.15, 0.2) is 180 Å². The van der Waals surface area contributed by atoms with Crippen LogP contribution in [0.4, 0.5) is 0 Å². The summed E-state index contributed by atoms with van der Waals surface area (Å²) >= 11 is 0. The second-order valence-corrected chi connectivity index (χ2v) is 14.5. The topological polar surface area (TPSA) is 38.9 Å². The number of furan rings is 1. The van der Waals surface area contributed by atoms with Crippen LogP contribution < -0.4 is 0 Å². The third kappa shape index (κ3) is 5.43. The molecule has 0 amide bonds. The van der Waals surface area contributed by atoms with Crippen LogP contribution >= 0.6 is 0 Å². The summed E-state index contributed by atoms with van der Waals surface area (Å²) in [6.07, 6.45) is 3.87. The number of fused-ring (bicyclic) bond motifs is 9. The Balaban J connectivity index is 1.08. The van der Waals surface area contributed by atoms with E-state index in [2.05, 4.69) is 164 Å². The molecule has 0 unspecified atom stereocenters. The lowest BCUT2D eigenvalue weighted by Crippen LogP contribution is -2.03. The SMILES string of the molecule is C(=C1\Cc2ccccc2-c2ccccc21)/c1nc(-c2ccccc2)c2oc3ccc(-c4ccc5c(Cc6ccccc6)cc6ccccc6c5c4)cc3c2n1. The van der Waals surface area contributed by atoms with Gasteiger partial charge in [-0.1, -0.05) is 158 Å². The highest BCUT2D eigenvalue weighted by Gasteiger charge is 2.22. The van der Waals surface area contributed by atoms with E-state index >= 15 is 0 Å². The fraction of sp³-hybridized carbons (Fsp3) is 0.0385. The summed E-state index contributed by atoms with van der Waals surface area (Å²) in [4.78, 5) is 10.5. The van der Waals surface area contributed by atoms with Crippen molar-refractivity contribution in [1.29, 1.82) is 0 Å². The van der Waals surface area contributed by atoms with Gasteiger partial charge in [-0.2, -0.15) is 0 Å². The van der Waals surface area contributed by atoms with Crippen molar-refractivity contribution in [2.45, 2.75) is 12.8 Å². The average molecular weight is 703 g/mol. The Morgan fingerprint density at radius 2 is 1.20 bits per heavy atom. The van der Waals surface area contributed by atoms with Gasteiger partial charge in [-0.15, -0.1) is 0 Å². The lowest BCUT2D eigenvalue weighted by atomic mass is 9.82. The van der Waals surface area contributed by atoms with Gasteiger partial charge in [0.15, 0.2) is 11.4 Å². The smallest absolute Gasteiger partial charge is 0.180 e. The molecule has 3 heteroatoms. The lowest BCUT2D eigenvalue weighted by molar-refractivity contribution is 0.667. The van der Waals surface area contributed by atoms with E-state index in [4.69, 9.17) is 14.4 Å². The molecule has 0 fully saturated rings. The molecule has 0 bridgehead atoms. The standard InChI is InChI=1S/C52H34N2O/c1-3-13-33(14-4-1)27-39-28-38-18-8-10-20-42(38)46-30-35(23-25-44(39)46)36-24-26-48-47(31-36)51-52(55-48)50(34-15-5-2-6-16-34)53-49(54-51)32-40-29-37-17-7-9-19-41(37)45-22-12-11-21-43(40)45/h1-26,28,30-32H,27,29H2/b40-32-. The van der Waals surface area contributed by atoms with Crippen molar-refractivity contribution in [3.8, 4) is 33.5 Å². The Kier molecular flexibility index (Phi) is 7.31. The summed E-state index contributed by atoms with van der Waals surface area (Å²) in [5.74, 6) is 0.673. The second kappa shape index (κ2) is 12.8. The van der Waals surface area contributed by atoms with Gasteiger partial charge in [0, 0.05) is 10.9 Å². The molecule has 0 spiro atoms. The van der Waals surface area contributed by atoms with Crippen LogP contribution in [0.5, 0.6) is 0 Å². The van der Waals surface area contributed by atoms with Gasteiger partial charge in [0.2, 0.25) is 0 Å². The fourth-order valence-electron chi connectivity index (χ4n) is 8.54. The molecule has 0 saturated heterocycles. The van der Waals surface area contributed by atoms with Crippen molar-refractivity contribution >= 4 is 55.3 Å². The number of hydrogen-bond acceptors (Lipinski definition) is 3. The number of rotatable bonds is 5. The van der Waals surface area contributed by atoms with Gasteiger partial charge in [-0.05, 0) is 109 Å². The molecule has 0 radical (unpaired) electrons. The van der Waals surface area contributed by atoms with Crippen molar-refractivity contribution in [3.05, 3.63) is 204 Å². The van der Waals surface area contributed by atoms with Crippen molar-refractivity contribution in [2.75, 3.05) is 0 Å². The van der Waals surface area contributed by atoms with Crippen molar-refractivity contribution < 1.29 is 4.42 Å². The van der Waals surface area contributed by atoms with Gasteiger partial charge in [0.25, 0.3) is 0 Å². The van der Waals surface area contributed by atoms with Gasteiger partial charge >= 0.3 is 0 Å². The molecule has 2 heterocycles. The van der Waals surface area contributed by atoms with E-state index in [-0.39, 0.29) is 0 Å². The first-order valence-corrected chi connectivity index (χ1v) is 18.9. The van der Waals surface area contributed by atoms with Crippen molar-refractivity contribution in [2.24, 2.45) is 0 Å². The van der Waals surface area contributed by atoms with Crippen LogP contribution in [-0.2, 0) is 12.8 Å². The van der Waals surface area contributed by atoms with Crippen LogP contribution in [0.25, 0.3) is 88.8 Å². The highest BCUT2D eigenvalue weighted by molar-refractivity contribution is 6.12. The van der Waals surface area contributed by atoms with Gasteiger partial charge in [0.1, 0.15) is 16.8 Å². The Hall–Kier alpha value is -7.10. The molecular weight excluding hydrogens is 669 g/mol. The minimum Gasteiger partial charge on any atom is -0.452 e. The quantitative estimate of drug-likeness (QED) is 0.168. The summed E-state index contributed by atoms with van der Waals surface area (Å²) in [7, 11) is 0. The molecule has 55 heavy (non-hydrogen) atoms. The van der Waals surface area contributed by atoms with Gasteiger partial charge in [-0.3, -0.25) is 0 Å². The van der Waals surface area contributed by atoms with E-state index < -0.39 is 0 Å². The minimum absolute atomic E-state index is 0.673. The zero-order valence-corrected chi connectivity index (χ0v) is 30.0.